The average molecular weight is 288 g/mol. The summed E-state index contributed by atoms with van der Waals surface area (Å²) in [7, 11) is 0. The van der Waals surface area contributed by atoms with Gasteiger partial charge in [0.2, 0.25) is 11.8 Å². The van der Waals surface area contributed by atoms with E-state index in [1.165, 1.54) is 5.56 Å². The van der Waals surface area contributed by atoms with Crippen LogP contribution in [0.2, 0.25) is 0 Å². The van der Waals surface area contributed by atoms with Crippen molar-refractivity contribution in [2.24, 2.45) is 0 Å². The number of nitrogens with zero attached hydrogens (tertiary/aromatic N) is 1. The predicted molar refractivity (Wildman–Crippen MR) is 82.8 cm³/mol. The molecular formula is C17H24N2O2. The lowest BCUT2D eigenvalue weighted by Crippen LogP contribution is -2.63. The first-order chi connectivity index (χ1) is 9.62. The summed E-state index contributed by atoms with van der Waals surface area (Å²) in [6.45, 7) is 10.6. The van der Waals surface area contributed by atoms with E-state index < -0.39 is 5.54 Å². The average Bonchev–Trinajstić information content (AvgIpc) is 2.39. The maximum atomic E-state index is 12.1. The largest absolute Gasteiger partial charge is 0.345 e. The molecule has 0 spiro atoms. The summed E-state index contributed by atoms with van der Waals surface area (Å²) in [5.41, 5.74) is 1.60. The molecule has 1 saturated heterocycles. The number of hydrogen-bond acceptors (Lipinski definition) is 2. The second-order valence-electron chi connectivity index (χ2n) is 7.17. The molecule has 0 unspecified atom stereocenters. The van der Waals surface area contributed by atoms with Gasteiger partial charge in [0.05, 0.1) is 6.54 Å². The summed E-state index contributed by atoms with van der Waals surface area (Å²) in [4.78, 5) is 25.7. The first-order valence-electron chi connectivity index (χ1n) is 7.30. The zero-order valence-electron chi connectivity index (χ0n) is 13.5. The van der Waals surface area contributed by atoms with Crippen LogP contribution in [0.5, 0.6) is 0 Å². The topological polar surface area (TPSA) is 49.4 Å². The molecule has 1 aliphatic heterocycles. The highest BCUT2D eigenvalue weighted by molar-refractivity contribution is 5.97. The van der Waals surface area contributed by atoms with Crippen molar-refractivity contribution in [3.8, 4) is 0 Å². The van der Waals surface area contributed by atoms with Crippen LogP contribution in [0.15, 0.2) is 24.3 Å². The molecule has 1 heterocycles. The summed E-state index contributed by atoms with van der Waals surface area (Å²) in [5, 5.41) is 2.64. The molecule has 1 aliphatic rings. The van der Waals surface area contributed by atoms with Gasteiger partial charge >= 0.3 is 0 Å². The van der Waals surface area contributed by atoms with Crippen molar-refractivity contribution in [2.75, 3.05) is 6.54 Å². The third-order valence-electron chi connectivity index (χ3n) is 4.09. The molecule has 2 amide bonds. The Bertz CT molecular complexity index is 553. The van der Waals surface area contributed by atoms with Gasteiger partial charge in [-0.25, -0.2) is 0 Å². The van der Waals surface area contributed by atoms with Crippen LogP contribution in [-0.4, -0.2) is 28.8 Å². The minimum absolute atomic E-state index is 0.0421. The van der Waals surface area contributed by atoms with E-state index in [2.05, 4.69) is 38.2 Å². The van der Waals surface area contributed by atoms with E-state index in [0.29, 0.717) is 6.54 Å². The summed E-state index contributed by atoms with van der Waals surface area (Å²) < 4.78 is 0. The molecule has 114 valence electrons. The highest BCUT2D eigenvalue weighted by Gasteiger charge is 2.41. The molecule has 4 heteroatoms. The van der Waals surface area contributed by atoms with Crippen molar-refractivity contribution >= 4 is 11.8 Å². The molecular weight excluding hydrogens is 264 g/mol. The quantitative estimate of drug-likeness (QED) is 0.907. The van der Waals surface area contributed by atoms with E-state index in [1.54, 1.807) is 18.7 Å². The number of carbonyl (C=O) groups excluding carboxylic acids is 2. The number of benzene rings is 1. The summed E-state index contributed by atoms with van der Waals surface area (Å²) in [6.07, 6.45) is 0. The maximum absolute atomic E-state index is 12.1. The standard InChI is InChI=1S/C17H24N2O2/c1-16(2,3)13-8-6-12(7-9-13)11-19-14(20)10-18-15(21)17(19,4)5/h6-9H,10-11H2,1-5H3,(H,18,21). The van der Waals surface area contributed by atoms with Crippen molar-refractivity contribution in [2.45, 2.75) is 52.1 Å². The van der Waals surface area contributed by atoms with E-state index in [0.717, 1.165) is 5.56 Å². The van der Waals surface area contributed by atoms with Crippen molar-refractivity contribution in [1.29, 1.82) is 0 Å². The van der Waals surface area contributed by atoms with Gasteiger partial charge in [-0.3, -0.25) is 9.59 Å². The highest BCUT2D eigenvalue weighted by atomic mass is 16.2. The Labute approximate surface area is 126 Å². The van der Waals surface area contributed by atoms with Crippen LogP contribution < -0.4 is 5.32 Å². The van der Waals surface area contributed by atoms with Gasteiger partial charge in [0.25, 0.3) is 0 Å². The zero-order valence-corrected chi connectivity index (χ0v) is 13.5. The van der Waals surface area contributed by atoms with Gasteiger partial charge in [0.1, 0.15) is 5.54 Å². The maximum Gasteiger partial charge on any atom is 0.245 e. The Balaban J connectivity index is 2.20. The number of piperazine rings is 1. The number of rotatable bonds is 2. The number of hydrogen-bond donors (Lipinski definition) is 1. The van der Waals surface area contributed by atoms with Gasteiger partial charge in [-0.05, 0) is 30.4 Å². The fraction of sp³-hybridized carbons (Fsp3) is 0.529. The molecule has 0 atom stereocenters. The van der Waals surface area contributed by atoms with E-state index >= 15 is 0 Å². The van der Waals surface area contributed by atoms with Crippen LogP contribution in [0.4, 0.5) is 0 Å². The van der Waals surface area contributed by atoms with Gasteiger partial charge in [0.15, 0.2) is 0 Å². The zero-order chi connectivity index (χ0) is 15.8. The van der Waals surface area contributed by atoms with Gasteiger partial charge in [0, 0.05) is 6.54 Å². The van der Waals surface area contributed by atoms with E-state index in [1.807, 2.05) is 12.1 Å². The molecule has 0 saturated carbocycles. The van der Waals surface area contributed by atoms with Gasteiger partial charge in [-0.2, -0.15) is 0 Å². The minimum Gasteiger partial charge on any atom is -0.345 e. The van der Waals surface area contributed by atoms with Crippen molar-refractivity contribution in [1.82, 2.24) is 10.2 Å². The summed E-state index contributed by atoms with van der Waals surface area (Å²) >= 11 is 0. The van der Waals surface area contributed by atoms with E-state index in [4.69, 9.17) is 0 Å². The van der Waals surface area contributed by atoms with Crippen LogP contribution >= 0.6 is 0 Å². The fourth-order valence-corrected chi connectivity index (χ4v) is 2.48. The summed E-state index contributed by atoms with van der Waals surface area (Å²) in [6, 6.07) is 8.26. The number of nitrogens with one attached hydrogen (secondary N) is 1. The number of carbonyl (C=O) groups is 2. The third-order valence-corrected chi connectivity index (χ3v) is 4.09. The third kappa shape index (κ3) is 3.09. The smallest absolute Gasteiger partial charge is 0.245 e. The molecule has 1 aromatic rings. The molecule has 1 fully saturated rings. The molecule has 0 aromatic heterocycles. The first-order valence-corrected chi connectivity index (χ1v) is 7.30. The van der Waals surface area contributed by atoms with Crippen molar-refractivity contribution in [3.63, 3.8) is 0 Å². The Hall–Kier alpha value is -1.84. The minimum atomic E-state index is -0.808. The lowest BCUT2D eigenvalue weighted by Gasteiger charge is -2.41. The van der Waals surface area contributed by atoms with Crippen LogP contribution in [-0.2, 0) is 21.5 Å². The highest BCUT2D eigenvalue weighted by Crippen LogP contribution is 2.25. The Morgan fingerprint density at radius 1 is 1.14 bits per heavy atom. The van der Waals surface area contributed by atoms with Gasteiger partial charge in [-0.1, -0.05) is 45.0 Å². The molecule has 0 bridgehead atoms. The molecule has 0 aliphatic carbocycles. The number of amides is 2. The second-order valence-corrected chi connectivity index (χ2v) is 7.17. The molecule has 0 radical (unpaired) electrons. The van der Waals surface area contributed by atoms with Crippen LogP contribution in [0.1, 0.15) is 45.7 Å². The molecule has 4 nitrogen and oxygen atoms in total. The fourth-order valence-electron chi connectivity index (χ4n) is 2.48. The Morgan fingerprint density at radius 2 is 1.71 bits per heavy atom. The van der Waals surface area contributed by atoms with Crippen LogP contribution in [0.25, 0.3) is 0 Å². The second kappa shape index (κ2) is 5.17. The van der Waals surface area contributed by atoms with Crippen LogP contribution in [0.3, 0.4) is 0 Å². The van der Waals surface area contributed by atoms with Gasteiger partial charge < -0.3 is 10.2 Å². The first kappa shape index (κ1) is 15.5. The normalized spacial score (nSPS) is 18.6. The Kier molecular flexibility index (Phi) is 3.83. The monoisotopic (exact) mass is 288 g/mol. The van der Waals surface area contributed by atoms with Crippen molar-refractivity contribution in [3.05, 3.63) is 35.4 Å². The van der Waals surface area contributed by atoms with Crippen molar-refractivity contribution < 1.29 is 9.59 Å². The van der Waals surface area contributed by atoms with Gasteiger partial charge in [-0.15, -0.1) is 0 Å². The SMILES string of the molecule is CC(C)(C)c1ccc(CN2C(=O)CNC(=O)C2(C)C)cc1. The molecule has 2 rings (SSSR count). The Morgan fingerprint density at radius 3 is 2.24 bits per heavy atom. The molecule has 1 aromatic carbocycles. The van der Waals surface area contributed by atoms with E-state index in [-0.39, 0.29) is 23.8 Å². The molecule has 1 N–H and O–H groups in total. The van der Waals surface area contributed by atoms with E-state index in [9.17, 15) is 9.59 Å². The lowest BCUT2D eigenvalue weighted by atomic mass is 9.86. The van der Waals surface area contributed by atoms with Crippen LogP contribution in [0, 0.1) is 0 Å². The molecule has 21 heavy (non-hydrogen) atoms. The predicted octanol–water partition coefficient (Wildman–Crippen LogP) is 2.22. The lowest BCUT2D eigenvalue weighted by molar-refractivity contribution is -0.152. The summed E-state index contributed by atoms with van der Waals surface area (Å²) in [5.74, 6) is -0.145.